The molecule has 0 spiro atoms. The molecule has 2 aromatic rings. The Morgan fingerprint density at radius 1 is 1.15 bits per heavy atom. The maximum atomic E-state index is 10.6. The molecule has 1 atom stereocenters. The molecule has 2 rings (SSSR count). The van der Waals surface area contributed by atoms with Gasteiger partial charge >= 0.3 is 0 Å². The largest absolute Gasteiger partial charge is 0.313 e. The van der Waals surface area contributed by atoms with Gasteiger partial charge in [-0.2, -0.15) is 0 Å². The fraction of sp³-hybridized carbons (Fsp3) is 0.200. The van der Waals surface area contributed by atoms with Crippen molar-refractivity contribution in [2.75, 3.05) is 7.05 Å². The topological polar surface area (TPSA) is 55.2 Å². The summed E-state index contributed by atoms with van der Waals surface area (Å²) in [4.78, 5) is 12.4. The molecule has 20 heavy (non-hydrogen) atoms. The Balaban J connectivity index is 2.23. The SMILES string of the molecule is CNC(C)c1ccccc1Sc1ccc([N+](=O)[O-])cc1. The van der Waals surface area contributed by atoms with Crippen molar-refractivity contribution in [1.29, 1.82) is 0 Å². The molecule has 0 aliphatic heterocycles. The summed E-state index contributed by atoms with van der Waals surface area (Å²) < 4.78 is 0. The molecular formula is C15H16N2O2S. The van der Waals surface area contributed by atoms with Crippen LogP contribution in [0.15, 0.2) is 58.3 Å². The van der Waals surface area contributed by atoms with Gasteiger partial charge in [0.05, 0.1) is 4.92 Å². The second-order valence-corrected chi connectivity index (χ2v) is 5.52. The molecule has 0 fully saturated rings. The van der Waals surface area contributed by atoms with Gasteiger partial charge in [0.1, 0.15) is 0 Å². The minimum atomic E-state index is -0.383. The fourth-order valence-electron chi connectivity index (χ4n) is 1.85. The highest BCUT2D eigenvalue weighted by molar-refractivity contribution is 7.99. The lowest BCUT2D eigenvalue weighted by Gasteiger charge is -2.15. The second-order valence-electron chi connectivity index (χ2n) is 4.40. The van der Waals surface area contributed by atoms with Crippen LogP contribution in [0, 0.1) is 10.1 Å². The predicted octanol–water partition coefficient (Wildman–Crippen LogP) is 4.03. The Morgan fingerprint density at radius 2 is 1.80 bits per heavy atom. The summed E-state index contributed by atoms with van der Waals surface area (Å²) in [6, 6.07) is 15.1. The molecule has 0 aliphatic rings. The zero-order valence-corrected chi connectivity index (χ0v) is 12.2. The number of rotatable bonds is 5. The number of nitro groups is 1. The average Bonchev–Trinajstić information content (AvgIpc) is 2.47. The molecule has 4 nitrogen and oxygen atoms in total. The van der Waals surface area contributed by atoms with E-state index in [-0.39, 0.29) is 16.7 Å². The number of benzene rings is 2. The van der Waals surface area contributed by atoms with E-state index in [0.29, 0.717) is 0 Å². The van der Waals surface area contributed by atoms with Gasteiger partial charge in [0, 0.05) is 28.0 Å². The highest BCUT2D eigenvalue weighted by Crippen LogP contribution is 2.33. The Kier molecular flexibility index (Phi) is 4.76. The number of nitro benzene ring substituents is 1. The molecule has 0 bridgehead atoms. The maximum Gasteiger partial charge on any atom is 0.269 e. The van der Waals surface area contributed by atoms with E-state index in [4.69, 9.17) is 0 Å². The quantitative estimate of drug-likeness (QED) is 0.666. The van der Waals surface area contributed by atoms with Crippen molar-refractivity contribution in [3.05, 3.63) is 64.2 Å². The summed E-state index contributed by atoms with van der Waals surface area (Å²) in [5, 5.41) is 13.9. The van der Waals surface area contributed by atoms with Crippen LogP contribution in [0.25, 0.3) is 0 Å². The van der Waals surface area contributed by atoms with E-state index in [0.717, 1.165) is 9.79 Å². The summed E-state index contributed by atoms with van der Waals surface area (Å²) in [6.07, 6.45) is 0. The summed E-state index contributed by atoms with van der Waals surface area (Å²) in [7, 11) is 1.93. The fourth-order valence-corrected chi connectivity index (χ4v) is 2.88. The lowest BCUT2D eigenvalue weighted by atomic mass is 10.1. The number of nitrogens with zero attached hydrogens (tertiary/aromatic N) is 1. The van der Waals surface area contributed by atoms with E-state index in [1.165, 1.54) is 17.7 Å². The predicted molar refractivity (Wildman–Crippen MR) is 81.1 cm³/mol. The van der Waals surface area contributed by atoms with E-state index >= 15 is 0 Å². The van der Waals surface area contributed by atoms with Gasteiger partial charge in [0.15, 0.2) is 0 Å². The minimum absolute atomic E-state index is 0.117. The molecule has 0 radical (unpaired) electrons. The molecular weight excluding hydrogens is 272 g/mol. The third-order valence-electron chi connectivity index (χ3n) is 3.09. The molecule has 0 aromatic heterocycles. The standard InChI is InChI=1S/C15H16N2O2S/c1-11(16-2)14-5-3-4-6-15(14)20-13-9-7-12(8-10-13)17(18)19/h3-11,16H,1-2H3. The van der Waals surface area contributed by atoms with Crippen LogP contribution in [-0.4, -0.2) is 12.0 Å². The van der Waals surface area contributed by atoms with Gasteiger partial charge in [-0.1, -0.05) is 30.0 Å². The van der Waals surface area contributed by atoms with Crippen molar-refractivity contribution in [2.45, 2.75) is 22.8 Å². The first-order chi connectivity index (χ1) is 9.61. The van der Waals surface area contributed by atoms with Crippen LogP contribution < -0.4 is 5.32 Å². The summed E-state index contributed by atoms with van der Waals surface area (Å²) in [5.74, 6) is 0. The molecule has 0 saturated carbocycles. The molecule has 1 unspecified atom stereocenters. The summed E-state index contributed by atoms with van der Waals surface area (Å²) in [6.45, 7) is 2.11. The third-order valence-corrected chi connectivity index (χ3v) is 4.19. The molecule has 5 heteroatoms. The lowest BCUT2D eigenvalue weighted by Crippen LogP contribution is -2.12. The van der Waals surface area contributed by atoms with Gasteiger partial charge in [-0.25, -0.2) is 0 Å². The van der Waals surface area contributed by atoms with Crippen molar-refractivity contribution < 1.29 is 4.92 Å². The number of hydrogen-bond donors (Lipinski definition) is 1. The number of hydrogen-bond acceptors (Lipinski definition) is 4. The second kappa shape index (κ2) is 6.54. The molecule has 0 heterocycles. The normalized spacial score (nSPS) is 12.1. The molecule has 104 valence electrons. The van der Waals surface area contributed by atoms with Crippen LogP contribution in [0.2, 0.25) is 0 Å². The van der Waals surface area contributed by atoms with Crippen LogP contribution in [0.3, 0.4) is 0 Å². The first-order valence-corrected chi connectivity index (χ1v) is 7.12. The van der Waals surface area contributed by atoms with Gasteiger partial charge in [0.2, 0.25) is 0 Å². The van der Waals surface area contributed by atoms with Crippen molar-refractivity contribution in [3.8, 4) is 0 Å². The first kappa shape index (κ1) is 14.6. The van der Waals surface area contributed by atoms with Crippen molar-refractivity contribution >= 4 is 17.4 Å². The van der Waals surface area contributed by atoms with Crippen LogP contribution in [0.1, 0.15) is 18.5 Å². The number of non-ortho nitro benzene ring substituents is 1. The first-order valence-electron chi connectivity index (χ1n) is 6.30. The summed E-state index contributed by atoms with van der Waals surface area (Å²) in [5.41, 5.74) is 1.34. The molecule has 2 aromatic carbocycles. The zero-order chi connectivity index (χ0) is 14.5. The Bertz CT molecular complexity index is 599. The van der Waals surface area contributed by atoms with Crippen LogP contribution >= 0.6 is 11.8 Å². The smallest absolute Gasteiger partial charge is 0.269 e. The molecule has 1 N–H and O–H groups in total. The van der Waals surface area contributed by atoms with Crippen LogP contribution in [0.5, 0.6) is 0 Å². The lowest BCUT2D eigenvalue weighted by molar-refractivity contribution is -0.384. The van der Waals surface area contributed by atoms with Gasteiger partial charge in [-0.3, -0.25) is 10.1 Å². The summed E-state index contributed by atoms with van der Waals surface area (Å²) >= 11 is 1.62. The van der Waals surface area contributed by atoms with E-state index in [1.807, 2.05) is 19.2 Å². The van der Waals surface area contributed by atoms with Crippen molar-refractivity contribution in [3.63, 3.8) is 0 Å². The molecule has 0 aliphatic carbocycles. The van der Waals surface area contributed by atoms with E-state index in [9.17, 15) is 10.1 Å². The maximum absolute atomic E-state index is 10.6. The number of nitrogens with one attached hydrogen (secondary N) is 1. The van der Waals surface area contributed by atoms with Crippen LogP contribution in [-0.2, 0) is 0 Å². The van der Waals surface area contributed by atoms with Crippen molar-refractivity contribution in [2.24, 2.45) is 0 Å². The van der Waals surface area contributed by atoms with E-state index in [2.05, 4.69) is 24.4 Å². The highest BCUT2D eigenvalue weighted by Gasteiger charge is 2.10. The van der Waals surface area contributed by atoms with E-state index < -0.39 is 0 Å². The minimum Gasteiger partial charge on any atom is -0.313 e. The Labute approximate surface area is 122 Å². The monoisotopic (exact) mass is 288 g/mol. The molecule has 0 amide bonds. The van der Waals surface area contributed by atoms with Crippen molar-refractivity contribution in [1.82, 2.24) is 5.32 Å². The van der Waals surface area contributed by atoms with Gasteiger partial charge in [-0.05, 0) is 37.7 Å². The average molecular weight is 288 g/mol. The zero-order valence-electron chi connectivity index (χ0n) is 11.4. The van der Waals surface area contributed by atoms with Gasteiger partial charge in [-0.15, -0.1) is 0 Å². The Morgan fingerprint density at radius 3 is 2.40 bits per heavy atom. The van der Waals surface area contributed by atoms with Crippen LogP contribution in [0.4, 0.5) is 5.69 Å². The molecule has 0 saturated heterocycles. The Hall–Kier alpha value is -1.85. The highest BCUT2D eigenvalue weighted by atomic mass is 32.2. The van der Waals surface area contributed by atoms with E-state index in [1.54, 1.807) is 23.9 Å². The van der Waals surface area contributed by atoms with Gasteiger partial charge < -0.3 is 5.32 Å². The third kappa shape index (κ3) is 3.37. The van der Waals surface area contributed by atoms with Gasteiger partial charge in [0.25, 0.3) is 5.69 Å².